The summed E-state index contributed by atoms with van der Waals surface area (Å²) in [5.74, 6) is -2.63. The van der Waals surface area contributed by atoms with Crippen molar-refractivity contribution in [1.82, 2.24) is 5.32 Å². The largest absolute Gasteiger partial charge is 0.481 e. The predicted molar refractivity (Wildman–Crippen MR) is 79.6 cm³/mol. The first-order chi connectivity index (χ1) is 11.0. The molecule has 1 unspecified atom stereocenters. The van der Waals surface area contributed by atoms with Crippen LogP contribution in [0.2, 0.25) is 0 Å². The molecule has 1 N–H and O–H groups in total. The number of hydrogen-bond donors (Lipinski definition) is 1. The highest BCUT2D eigenvalue weighted by Gasteiger charge is 2.15. The fourth-order valence-corrected chi connectivity index (χ4v) is 1.93. The van der Waals surface area contributed by atoms with Crippen LogP contribution < -0.4 is 10.1 Å². The first kappa shape index (κ1) is 16.9. The van der Waals surface area contributed by atoms with Gasteiger partial charge in [0.05, 0.1) is 0 Å². The molecule has 2 aromatic rings. The van der Waals surface area contributed by atoms with E-state index in [1.807, 2.05) is 0 Å². The molecule has 122 valence electrons. The van der Waals surface area contributed by atoms with Gasteiger partial charge in [-0.1, -0.05) is 12.1 Å². The molecule has 3 nitrogen and oxygen atoms in total. The smallest absolute Gasteiger partial charge is 0.260 e. The van der Waals surface area contributed by atoms with Crippen LogP contribution in [0.15, 0.2) is 42.5 Å². The van der Waals surface area contributed by atoms with Gasteiger partial charge in [-0.2, -0.15) is 0 Å². The van der Waals surface area contributed by atoms with Gasteiger partial charge in [0.25, 0.3) is 5.91 Å². The van der Waals surface area contributed by atoms with E-state index in [1.54, 1.807) is 12.1 Å². The lowest BCUT2D eigenvalue weighted by Crippen LogP contribution is -2.37. The van der Waals surface area contributed by atoms with Crippen molar-refractivity contribution in [2.45, 2.75) is 19.4 Å². The zero-order valence-electron chi connectivity index (χ0n) is 12.5. The quantitative estimate of drug-likeness (QED) is 0.886. The minimum Gasteiger partial charge on any atom is -0.481 e. The number of nitrogens with one attached hydrogen (secondary N) is 1. The Morgan fingerprint density at radius 3 is 2.43 bits per heavy atom. The molecule has 1 atom stereocenters. The topological polar surface area (TPSA) is 38.3 Å². The summed E-state index contributed by atoms with van der Waals surface area (Å²) in [6, 6.07) is 9.06. The normalized spacial score (nSPS) is 11.8. The second-order valence-corrected chi connectivity index (χ2v) is 5.00. The number of carbonyl (C=O) groups is 1. The van der Waals surface area contributed by atoms with Crippen LogP contribution in [0.1, 0.15) is 12.5 Å². The van der Waals surface area contributed by atoms with Crippen molar-refractivity contribution in [2.24, 2.45) is 0 Å². The van der Waals surface area contributed by atoms with Gasteiger partial charge < -0.3 is 10.1 Å². The van der Waals surface area contributed by atoms with E-state index in [2.05, 4.69) is 5.32 Å². The third-order valence-corrected chi connectivity index (χ3v) is 3.20. The summed E-state index contributed by atoms with van der Waals surface area (Å²) in [6.07, 6.45) is -0.308. The Kier molecular flexibility index (Phi) is 5.62. The van der Waals surface area contributed by atoms with Gasteiger partial charge in [-0.15, -0.1) is 0 Å². The van der Waals surface area contributed by atoms with Gasteiger partial charge in [-0.05, 0) is 43.2 Å². The number of benzene rings is 2. The highest BCUT2D eigenvalue weighted by molar-refractivity contribution is 5.80. The van der Waals surface area contributed by atoms with Crippen molar-refractivity contribution in [2.75, 3.05) is 6.54 Å². The van der Waals surface area contributed by atoms with E-state index in [9.17, 15) is 18.0 Å². The molecule has 0 saturated heterocycles. The predicted octanol–water partition coefficient (Wildman–Crippen LogP) is 3.23. The number of hydrogen-bond acceptors (Lipinski definition) is 2. The zero-order chi connectivity index (χ0) is 16.8. The van der Waals surface area contributed by atoms with Gasteiger partial charge in [0.2, 0.25) is 0 Å². The van der Waals surface area contributed by atoms with Crippen LogP contribution in [0.3, 0.4) is 0 Å². The molecule has 0 saturated carbocycles. The van der Waals surface area contributed by atoms with Gasteiger partial charge >= 0.3 is 0 Å². The highest BCUT2D eigenvalue weighted by atomic mass is 19.2. The molecule has 0 spiro atoms. The molecule has 1 amide bonds. The summed E-state index contributed by atoms with van der Waals surface area (Å²) < 4.78 is 43.9. The van der Waals surface area contributed by atoms with Crippen LogP contribution in [0.25, 0.3) is 0 Å². The maximum Gasteiger partial charge on any atom is 0.260 e. The molecule has 0 aliphatic carbocycles. The average molecular weight is 323 g/mol. The van der Waals surface area contributed by atoms with Gasteiger partial charge in [-0.25, -0.2) is 13.2 Å². The summed E-state index contributed by atoms with van der Waals surface area (Å²) in [5.41, 5.74) is 0.890. The number of halogens is 3. The Morgan fingerprint density at radius 1 is 1.09 bits per heavy atom. The minimum atomic E-state index is -1.04. The molecule has 0 heterocycles. The SMILES string of the molecule is CC(Oc1ccc(F)c(F)c1)C(=O)NCCc1ccc(F)cc1. The molecule has 0 fully saturated rings. The van der Waals surface area contributed by atoms with E-state index in [-0.39, 0.29) is 17.5 Å². The number of amides is 1. The van der Waals surface area contributed by atoms with Gasteiger partial charge in [0, 0.05) is 12.6 Å². The lowest BCUT2D eigenvalue weighted by molar-refractivity contribution is -0.127. The molecular formula is C17H16F3NO2. The average Bonchev–Trinajstić information content (AvgIpc) is 2.52. The maximum atomic E-state index is 13.1. The zero-order valence-corrected chi connectivity index (χ0v) is 12.5. The molecule has 6 heteroatoms. The third-order valence-electron chi connectivity index (χ3n) is 3.20. The minimum absolute atomic E-state index is 0.0742. The number of ether oxygens (including phenoxy) is 1. The van der Waals surface area contributed by atoms with Crippen LogP contribution in [0.5, 0.6) is 5.75 Å². The highest BCUT2D eigenvalue weighted by Crippen LogP contribution is 2.16. The van der Waals surface area contributed by atoms with E-state index >= 15 is 0 Å². The molecule has 0 aliphatic rings. The Bertz CT molecular complexity index is 674. The van der Waals surface area contributed by atoms with E-state index in [1.165, 1.54) is 25.1 Å². The second kappa shape index (κ2) is 7.67. The van der Waals surface area contributed by atoms with Gasteiger partial charge in [-0.3, -0.25) is 4.79 Å². The Morgan fingerprint density at radius 2 is 1.78 bits per heavy atom. The lowest BCUT2D eigenvalue weighted by Gasteiger charge is -2.15. The lowest BCUT2D eigenvalue weighted by atomic mass is 10.1. The molecule has 0 aromatic heterocycles. The number of rotatable bonds is 6. The van der Waals surface area contributed by atoms with E-state index in [0.717, 1.165) is 17.7 Å². The summed E-state index contributed by atoms with van der Waals surface area (Å²) in [4.78, 5) is 11.9. The summed E-state index contributed by atoms with van der Waals surface area (Å²) in [6.45, 7) is 1.87. The van der Waals surface area contributed by atoms with Crippen LogP contribution in [-0.2, 0) is 11.2 Å². The van der Waals surface area contributed by atoms with E-state index < -0.39 is 17.7 Å². The van der Waals surface area contributed by atoms with Gasteiger partial charge in [0.1, 0.15) is 11.6 Å². The molecule has 2 aromatic carbocycles. The van der Waals surface area contributed by atoms with Crippen molar-refractivity contribution in [3.05, 3.63) is 65.5 Å². The fourth-order valence-electron chi connectivity index (χ4n) is 1.93. The molecule has 0 radical (unpaired) electrons. The molecule has 0 aliphatic heterocycles. The van der Waals surface area contributed by atoms with Gasteiger partial charge in [0.15, 0.2) is 17.7 Å². The van der Waals surface area contributed by atoms with E-state index in [4.69, 9.17) is 4.74 Å². The summed E-state index contributed by atoms with van der Waals surface area (Å²) in [7, 11) is 0. The van der Waals surface area contributed by atoms with E-state index in [0.29, 0.717) is 13.0 Å². The number of carbonyl (C=O) groups excluding carboxylic acids is 1. The van der Waals surface area contributed by atoms with Crippen LogP contribution in [-0.4, -0.2) is 18.6 Å². The molecule has 0 bridgehead atoms. The maximum absolute atomic E-state index is 13.1. The third kappa shape index (κ3) is 5.02. The Hall–Kier alpha value is -2.50. The fraction of sp³-hybridized carbons (Fsp3) is 0.235. The Labute approximate surface area is 132 Å². The monoisotopic (exact) mass is 323 g/mol. The second-order valence-electron chi connectivity index (χ2n) is 5.00. The van der Waals surface area contributed by atoms with Crippen LogP contribution >= 0.6 is 0 Å². The first-order valence-corrected chi connectivity index (χ1v) is 7.09. The molecule has 23 heavy (non-hydrogen) atoms. The van der Waals surface area contributed by atoms with Crippen LogP contribution in [0, 0.1) is 17.5 Å². The molecular weight excluding hydrogens is 307 g/mol. The van der Waals surface area contributed by atoms with Crippen molar-refractivity contribution in [3.8, 4) is 5.75 Å². The first-order valence-electron chi connectivity index (χ1n) is 7.09. The van der Waals surface area contributed by atoms with Crippen molar-refractivity contribution in [1.29, 1.82) is 0 Å². The van der Waals surface area contributed by atoms with Crippen molar-refractivity contribution >= 4 is 5.91 Å². The Balaban J connectivity index is 1.80. The van der Waals surface area contributed by atoms with Crippen molar-refractivity contribution < 1.29 is 22.7 Å². The van der Waals surface area contributed by atoms with Crippen LogP contribution in [0.4, 0.5) is 13.2 Å². The molecule has 2 rings (SSSR count). The summed E-state index contributed by atoms with van der Waals surface area (Å²) in [5, 5.41) is 2.67. The standard InChI is InChI=1S/C17H16F3NO2/c1-11(23-14-6-7-15(19)16(20)10-14)17(22)21-9-8-12-2-4-13(18)5-3-12/h2-7,10-11H,8-9H2,1H3,(H,21,22). The summed E-state index contributed by atoms with van der Waals surface area (Å²) >= 11 is 0. The van der Waals surface area contributed by atoms with Crippen molar-refractivity contribution in [3.63, 3.8) is 0 Å².